The summed E-state index contributed by atoms with van der Waals surface area (Å²) in [5, 5.41) is 13.0. The van der Waals surface area contributed by atoms with Crippen molar-refractivity contribution in [3.63, 3.8) is 0 Å². The normalized spacial score (nSPS) is 17.9. The Morgan fingerprint density at radius 2 is 1.89 bits per heavy atom. The first-order chi connectivity index (χ1) is 8.63. The van der Waals surface area contributed by atoms with Crippen LogP contribution in [0, 0.1) is 5.92 Å². The third-order valence-electron chi connectivity index (χ3n) is 4.11. The molecule has 18 heavy (non-hydrogen) atoms. The lowest BCUT2D eigenvalue weighted by atomic mass is 9.79. The molecular weight excluding hydrogens is 222 g/mol. The minimum absolute atomic E-state index is 0.135. The summed E-state index contributed by atoms with van der Waals surface area (Å²) < 4.78 is 0. The quantitative estimate of drug-likeness (QED) is 0.857. The maximum Gasteiger partial charge on any atom is 0.0522 e. The van der Waals surface area contributed by atoms with Crippen molar-refractivity contribution in [3.05, 3.63) is 35.4 Å². The van der Waals surface area contributed by atoms with Crippen LogP contribution in [0.15, 0.2) is 24.3 Å². The zero-order chi connectivity index (χ0) is 13.0. The van der Waals surface area contributed by atoms with E-state index in [1.54, 1.807) is 0 Å². The predicted molar refractivity (Wildman–Crippen MR) is 75.9 cm³/mol. The second kappa shape index (κ2) is 5.85. The van der Waals surface area contributed by atoms with Crippen molar-refractivity contribution in [2.24, 2.45) is 5.92 Å². The van der Waals surface area contributed by atoms with E-state index >= 15 is 0 Å². The number of piperidine rings is 1. The Hall–Kier alpha value is -0.860. The van der Waals surface area contributed by atoms with Crippen molar-refractivity contribution >= 4 is 0 Å². The molecule has 0 bridgehead atoms. The number of rotatable bonds is 4. The molecule has 2 nitrogen and oxygen atoms in total. The van der Waals surface area contributed by atoms with Gasteiger partial charge in [0.05, 0.1) is 6.61 Å². The molecule has 0 amide bonds. The third-order valence-corrected chi connectivity index (χ3v) is 4.11. The molecule has 0 unspecified atom stereocenters. The Bertz CT molecular complexity index is 380. The van der Waals surface area contributed by atoms with Crippen molar-refractivity contribution in [1.29, 1.82) is 0 Å². The molecule has 1 aromatic carbocycles. The Morgan fingerprint density at radius 3 is 2.56 bits per heavy atom. The van der Waals surface area contributed by atoms with Gasteiger partial charge >= 0.3 is 0 Å². The van der Waals surface area contributed by atoms with Gasteiger partial charge in [0.2, 0.25) is 0 Å². The van der Waals surface area contributed by atoms with Gasteiger partial charge in [-0.3, -0.25) is 0 Å². The molecule has 0 spiro atoms. The molecule has 0 atom stereocenters. The zero-order valence-corrected chi connectivity index (χ0v) is 11.6. The van der Waals surface area contributed by atoms with Crippen LogP contribution < -0.4 is 5.32 Å². The highest BCUT2D eigenvalue weighted by Crippen LogP contribution is 2.29. The Labute approximate surface area is 110 Å². The SMILES string of the molecule is CC(C)(CO)c1ccccc1CC1CCNCC1. The average Bonchev–Trinajstić information content (AvgIpc) is 2.40. The van der Waals surface area contributed by atoms with Gasteiger partial charge in [-0.2, -0.15) is 0 Å². The second-order valence-corrected chi connectivity index (χ2v) is 6.10. The molecule has 1 fully saturated rings. The molecule has 0 radical (unpaired) electrons. The molecule has 1 aliphatic heterocycles. The minimum atomic E-state index is -0.135. The standard InChI is InChI=1S/C16H25NO/c1-16(2,12-18)15-6-4-3-5-14(15)11-13-7-9-17-10-8-13/h3-6,13,17-18H,7-12H2,1-2H3. The summed E-state index contributed by atoms with van der Waals surface area (Å²) >= 11 is 0. The average molecular weight is 247 g/mol. The number of aliphatic hydroxyl groups excluding tert-OH is 1. The van der Waals surface area contributed by atoms with Crippen LogP contribution >= 0.6 is 0 Å². The van der Waals surface area contributed by atoms with Gasteiger partial charge in [-0.25, -0.2) is 0 Å². The molecule has 0 aromatic heterocycles. The lowest BCUT2D eigenvalue weighted by Crippen LogP contribution is -2.30. The van der Waals surface area contributed by atoms with Crippen molar-refractivity contribution in [2.45, 2.75) is 38.5 Å². The van der Waals surface area contributed by atoms with Crippen molar-refractivity contribution in [2.75, 3.05) is 19.7 Å². The largest absolute Gasteiger partial charge is 0.395 e. The van der Waals surface area contributed by atoms with Crippen LogP contribution in [0.1, 0.15) is 37.8 Å². The van der Waals surface area contributed by atoms with Gasteiger partial charge in [0, 0.05) is 5.41 Å². The van der Waals surface area contributed by atoms with Gasteiger partial charge in [0.25, 0.3) is 0 Å². The highest BCUT2D eigenvalue weighted by Gasteiger charge is 2.24. The first-order valence-corrected chi connectivity index (χ1v) is 7.03. The summed E-state index contributed by atoms with van der Waals surface area (Å²) in [5.74, 6) is 0.793. The fourth-order valence-corrected chi connectivity index (χ4v) is 2.84. The fraction of sp³-hybridized carbons (Fsp3) is 0.625. The molecule has 100 valence electrons. The highest BCUT2D eigenvalue weighted by atomic mass is 16.3. The van der Waals surface area contributed by atoms with Crippen molar-refractivity contribution in [1.82, 2.24) is 5.32 Å². The van der Waals surface area contributed by atoms with Crippen LogP contribution in [0.3, 0.4) is 0 Å². The van der Waals surface area contributed by atoms with E-state index in [4.69, 9.17) is 0 Å². The van der Waals surface area contributed by atoms with E-state index in [9.17, 15) is 5.11 Å². The molecule has 1 saturated heterocycles. The lowest BCUT2D eigenvalue weighted by molar-refractivity contribution is 0.217. The molecule has 2 rings (SSSR count). The van der Waals surface area contributed by atoms with E-state index in [-0.39, 0.29) is 12.0 Å². The number of hydrogen-bond donors (Lipinski definition) is 2. The summed E-state index contributed by atoms with van der Waals surface area (Å²) in [6.45, 7) is 6.74. The molecule has 2 N–H and O–H groups in total. The van der Waals surface area contributed by atoms with E-state index < -0.39 is 0 Å². The first kappa shape index (κ1) is 13.6. The smallest absolute Gasteiger partial charge is 0.0522 e. The molecule has 2 heteroatoms. The van der Waals surface area contributed by atoms with Gasteiger partial charge in [0.1, 0.15) is 0 Å². The molecule has 0 aliphatic carbocycles. The van der Waals surface area contributed by atoms with Gasteiger partial charge < -0.3 is 10.4 Å². The number of hydrogen-bond acceptors (Lipinski definition) is 2. The van der Waals surface area contributed by atoms with Crippen LogP contribution in [0.25, 0.3) is 0 Å². The monoisotopic (exact) mass is 247 g/mol. The number of aliphatic hydroxyl groups is 1. The molecule has 0 saturated carbocycles. The summed E-state index contributed by atoms with van der Waals surface area (Å²) in [5.41, 5.74) is 2.60. The van der Waals surface area contributed by atoms with Crippen LogP contribution in [-0.4, -0.2) is 24.8 Å². The molecule has 1 heterocycles. The van der Waals surface area contributed by atoms with Gasteiger partial charge in [-0.15, -0.1) is 0 Å². The van der Waals surface area contributed by atoms with Crippen molar-refractivity contribution in [3.8, 4) is 0 Å². The van der Waals surface area contributed by atoms with E-state index in [2.05, 4.69) is 43.4 Å². The molecular formula is C16H25NO. The highest BCUT2D eigenvalue weighted by molar-refractivity contribution is 5.33. The summed E-state index contributed by atoms with van der Waals surface area (Å²) in [4.78, 5) is 0. The second-order valence-electron chi connectivity index (χ2n) is 6.10. The van der Waals surface area contributed by atoms with Crippen LogP contribution in [-0.2, 0) is 11.8 Å². The fourth-order valence-electron chi connectivity index (χ4n) is 2.84. The van der Waals surface area contributed by atoms with Gasteiger partial charge in [-0.1, -0.05) is 38.1 Å². The predicted octanol–water partition coefficient (Wildman–Crippen LogP) is 2.50. The zero-order valence-electron chi connectivity index (χ0n) is 11.6. The number of benzene rings is 1. The molecule has 1 aliphatic rings. The first-order valence-electron chi connectivity index (χ1n) is 7.03. The molecule has 1 aromatic rings. The van der Waals surface area contributed by atoms with E-state index in [0.717, 1.165) is 25.4 Å². The summed E-state index contributed by atoms with van der Waals surface area (Å²) in [6, 6.07) is 8.60. The van der Waals surface area contributed by atoms with Crippen LogP contribution in [0.4, 0.5) is 0 Å². The summed E-state index contributed by atoms with van der Waals surface area (Å²) in [6.07, 6.45) is 3.70. The van der Waals surface area contributed by atoms with E-state index in [1.807, 2.05) is 0 Å². The van der Waals surface area contributed by atoms with Crippen LogP contribution in [0.2, 0.25) is 0 Å². The Balaban J connectivity index is 2.16. The van der Waals surface area contributed by atoms with Crippen molar-refractivity contribution < 1.29 is 5.11 Å². The van der Waals surface area contributed by atoms with Gasteiger partial charge in [0.15, 0.2) is 0 Å². The minimum Gasteiger partial charge on any atom is -0.395 e. The van der Waals surface area contributed by atoms with E-state index in [1.165, 1.54) is 24.0 Å². The topological polar surface area (TPSA) is 32.3 Å². The maximum absolute atomic E-state index is 9.57. The number of nitrogens with one attached hydrogen (secondary N) is 1. The Kier molecular flexibility index (Phi) is 4.41. The van der Waals surface area contributed by atoms with E-state index in [0.29, 0.717) is 0 Å². The van der Waals surface area contributed by atoms with Crippen LogP contribution in [0.5, 0.6) is 0 Å². The summed E-state index contributed by atoms with van der Waals surface area (Å²) in [7, 11) is 0. The third kappa shape index (κ3) is 3.12. The van der Waals surface area contributed by atoms with Gasteiger partial charge in [-0.05, 0) is 49.4 Å². The Morgan fingerprint density at radius 1 is 1.22 bits per heavy atom. The lowest BCUT2D eigenvalue weighted by Gasteiger charge is -2.28. The maximum atomic E-state index is 9.57.